The van der Waals surface area contributed by atoms with Crippen LogP contribution in [0.15, 0.2) is 27.1 Å². The van der Waals surface area contributed by atoms with Crippen molar-refractivity contribution in [2.24, 2.45) is 5.92 Å². The van der Waals surface area contributed by atoms with Gasteiger partial charge in [-0.1, -0.05) is 29.8 Å². The predicted molar refractivity (Wildman–Crippen MR) is 85.6 cm³/mol. The maximum absolute atomic E-state index is 12.6. The molecule has 1 aromatic carbocycles. The molecule has 20 heavy (non-hydrogen) atoms. The van der Waals surface area contributed by atoms with Gasteiger partial charge in [0, 0.05) is 21.9 Å². The van der Waals surface area contributed by atoms with Crippen LogP contribution < -0.4 is 10.2 Å². The summed E-state index contributed by atoms with van der Waals surface area (Å²) >= 11 is 6.87. The number of hydrogen-bond donors (Lipinski definition) is 1. The predicted octanol–water partition coefficient (Wildman–Crippen LogP) is 3.09. The molecule has 6 heteroatoms. The van der Waals surface area contributed by atoms with Crippen molar-refractivity contribution >= 4 is 49.4 Å². The SMILES string of the molecule is CC(C)C1NC(=O)CCN(c2ccc(Br)cc2Br)C1=O. The lowest BCUT2D eigenvalue weighted by Crippen LogP contribution is -2.48. The van der Waals surface area contributed by atoms with Gasteiger partial charge in [-0.05, 0) is 40.0 Å². The summed E-state index contributed by atoms with van der Waals surface area (Å²) in [5, 5.41) is 2.80. The van der Waals surface area contributed by atoms with Crippen molar-refractivity contribution in [1.29, 1.82) is 0 Å². The van der Waals surface area contributed by atoms with Crippen LogP contribution in [-0.2, 0) is 9.59 Å². The third kappa shape index (κ3) is 3.23. The van der Waals surface area contributed by atoms with Crippen molar-refractivity contribution < 1.29 is 9.59 Å². The molecule has 0 saturated carbocycles. The highest BCUT2D eigenvalue weighted by molar-refractivity contribution is 9.11. The third-order valence-electron chi connectivity index (χ3n) is 3.28. The Morgan fingerprint density at radius 1 is 1.30 bits per heavy atom. The van der Waals surface area contributed by atoms with Crippen LogP contribution in [0.4, 0.5) is 5.69 Å². The highest BCUT2D eigenvalue weighted by Gasteiger charge is 2.33. The minimum absolute atomic E-state index is 0.0567. The van der Waals surface area contributed by atoms with Crippen molar-refractivity contribution in [3.8, 4) is 0 Å². The van der Waals surface area contributed by atoms with Gasteiger partial charge in [-0.25, -0.2) is 0 Å². The molecule has 1 atom stereocenters. The summed E-state index contributed by atoms with van der Waals surface area (Å²) in [6.45, 7) is 4.26. The Bertz CT molecular complexity index is 546. The van der Waals surface area contributed by atoms with Gasteiger partial charge in [0.2, 0.25) is 11.8 Å². The number of amides is 2. The highest BCUT2D eigenvalue weighted by atomic mass is 79.9. The van der Waals surface area contributed by atoms with E-state index in [0.29, 0.717) is 13.0 Å². The van der Waals surface area contributed by atoms with Crippen LogP contribution in [0.25, 0.3) is 0 Å². The quantitative estimate of drug-likeness (QED) is 0.824. The number of anilines is 1. The normalized spacial score (nSPS) is 20.1. The number of carbonyl (C=O) groups excluding carboxylic acids is 2. The molecule has 2 amide bonds. The molecule has 0 bridgehead atoms. The van der Waals surface area contributed by atoms with Crippen LogP contribution in [-0.4, -0.2) is 24.4 Å². The van der Waals surface area contributed by atoms with Crippen molar-refractivity contribution in [1.82, 2.24) is 5.32 Å². The molecule has 0 aliphatic carbocycles. The molecule has 1 heterocycles. The number of nitrogens with one attached hydrogen (secondary N) is 1. The molecule has 0 aromatic heterocycles. The first-order valence-electron chi connectivity index (χ1n) is 6.46. The molecule has 4 nitrogen and oxygen atoms in total. The minimum atomic E-state index is -0.472. The second kappa shape index (κ2) is 6.26. The monoisotopic (exact) mass is 402 g/mol. The van der Waals surface area contributed by atoms with Gasteiger partial charge in [0.25, 0.3) is 0 Å². The van der Waals surface area contributed by atoms with Gasteiger partial charge in [0.15, 0.2) is 0 Å². The average Bonchev–Trinajstić information content (AvgIpc) is 2.50. The maximum Gasteiger partial charge on any atom is 0.249 e. The van der Waals surface area contributed by atoms with Crippen LogP contribution in [0.2, 0.25) is 0 Å². The van der Waals surface area contributed by atoms with Crippen LogP contribution in [0.1, 0.15) is 20.3 Å². The fraction of sp³-hybridized carbons (Fsp3) is 0.429. The number of carbonyl (C=O) groups is 2. The van der Waals surface area contributed by atoms with E-state index in [-0.39, 0.29) is 17.7 Å². The number of rotatable bonds is 2. The molecule has 1 aliphatic heterocycles. The van der Waals surface area contributed by atoms with Gasteiger partial charge in [-0.3, -0.25) is 9.59 Å². The largest absolute Gasteiger partial charge is 0.344 e. The second-order valence-electron chi connectivity index (χ2n) is 5.12. The number of benzene rings is 1. The van der Waals surface area contributed by atoms with E-state index in [1.807, 2.05) is 32.0 Å². The Hall–Kier alpha value is -0.880. The van der Waals surface area contributed by atoms with Gasteiger partial charge in [0.05, 0.1) is 5.69 Å². The van der Waals surface area contributed by atoms with Gasteiger partial charge in [0.1, 0.15) is 6.04 Å². The lowest BCUT2D eigenvalue weighted by atomic mass is 10.0. The van der Waals surface area contributed by atoms with Crippen molar-refractivity contribution in [2.75, 3.05) is 11.4 Å². The van der Waals surface area contributed by atoms with Gasteiger partial charge >= 0.3 is 0 Å². The lowest BCUT2D eigenvalue weighted by Gasteiger charge is -2.27. The molecule has 2 rings (SSSR count). The van der Waals surface area contributed by atoms with Crippen LogP contribution in [0, 0.1) is 5.92 Å². The molecule has 0 spiro atoms. The van der Waals surface area contributed by atoms with Crippen LogP contribution in [0.5, 0.6) is 0 Å². The minimum Gasteiger partial charge on any atom is -0.344 e. The topological polar surface area (TPSA) is 49.4 Å². The molecule has 1 fully saturated rings. The van der Waals surface area contributed by atoms with E-state index < -0.39 is 6.04 Å². The van der Waals surface area contributed by atoms with Crippen LogP contribution >= 0.6 is 31.9 Å². The fourth-order valence-corrected chi connectivity index (χ4v) is 3.45. The zero-order valence-corrected chi connectivity index (χ0v) is 14.5. The Morgan fingerprint density at radius 3 is 2.60 bits per heavy atom. The molecule has 0 radical (unpaired) electrons. The average molecular weight is 404 g/mol. The summed E-state index contributed by atoms with van der Waals surface area (Å²) in [5.41, 5.74) is 0.792. The van der Waals surface area contributed by atoms with E-state index in [9.17, 15) is 9.59 Å². The number of hydrogen-bond acceptors (Lipinski definition) is 2. The molecule has 1 aromatic rings. The summed E-state index contributed by atoms with van der Waals surface area (Å²) in [6.07, 6.45) is 0.317. The smallest absolute Gasteiger partial charge is 0.249 e. The Balaban J connectivity index is 2.38. The molecule has 1 aliphatic rings. The standard InChI is InChI=1S/C14H16Br2N2O2/c1-8(2)13-14(20)18(6-5-12(19)17-13)11-4-3-9(15)7-10(11)16/h3-4,7-8,13H,5-6H2,1-2H3,(H,17,19). The van der Waals surface area contributed by atoms with Gasteiger partial charge < -0.3 is 10.2 Å². The summed E-state index contributed by atoms with van der Waals surface area (Å²) in [6, 6.07) is 5.19. The summed E-state index contributed by atoms with van der Waals surface area (Å²) < 4.78 is 1.77. The molecule has 1 N–H and O–H groups in total. The molecule has 1 saturated heterocycles. The van der Waals surface area contributed by atoms with Gasteiger partial charge in [-0.15, -0.1) is 0 Å². The first kappa shape index (κ1) is 15.5. The van der Waals surface area contributed by atoms with Gasteiger partial charge in [-0.2, -0.15) is 0 Å². The Labute approximate surface area is 135 Å². The zero-order valence-electron chi connectivity index (χ0n) is 11.3. The van der Waals surface area contributed by atoms with Crippen molar-refractivity contribution in [3.05, 3.63) is 27.1 Å². The van der Waals surface area contributed by atoms with E-state index >= 15 is 0 Å². The summed E-state index contributed by atoms with van der Waals surface area (Å²) in [5.74, 6) is -0.0806. The van der Waals surface area contributed by atoms with E-state index in [1.54, 1.807) is 4.90 Å². The van der Waals surface area contributed by atoms with E-state index in [4.69, 9.17) is 0 Å². The molecule has 108 valence electrons. The lowest BCUT2D eigenvalue weighted by molar-refractivity contribution is -0.126. The molecular formula is C14H16Br2N2O2. The Morgan fingerprint density at radius 2 is 2.00 bits per heavy atom. The number of nitrogens with zero attached hydrogens (tertiary/aromatic N) is 1. The maximum atomic E-state index is 12.6. The highest BCUT2D eigenvalue weighted by Crippen LogP contribution is 2.31. The van der Waals surface area contributed by atoms with E-state index in [2.05, 4.69) is 37.2 Å². The van der Waals surface area contributed by atoms with Crippen molar-refractivity contribution in [2.45, 2.75) is 26.3 Å². The third-order valence-corrected chi connectivity index (χ3v) is 4.41. The van der Waals surface area contributed by atoms with Crippen molar-refractivity contribution in [3.63, 3.8) is 0 Å². The Kier molecular flexibility index (Phi) is 4.86. The van der Waals surface area contributed by atoms with E-state index in [0.717, 1.165) is 14.6 Å². The summed E-state index contributed by atoms with van der Waals surface area (Å²) in [4.78, 5) is 26.1. The number of halogens is 2. The first-order valence-corrected chi connectivity index (χ1v) is 8.04. The van der Waals surface area contributed by atoms with E-state index in [1.165, 1.54) is 0 Å². The van der Waals surface area contributed by atoms with Crippen LogP contribution in [0.3, 0.4) is 0 Å². The molecule has 1 unspecified atom stereocenters. The fourth-order valence-electron chi connectivity index (χ4n) is 2.19. The first-order chi connectivity index (χ1) is 9.40. The second-order valence-corrected chi connectivity index (χ2v) is 6.89. The summed E-state index contributed by atoms with van der Waals surface area (Å²) in [7, 11) is 0. The molecular weight excluding hydrogens is 388 g/mol. The zero-order chi connectivity index (χ0) is 14.9.